The Labute approximate surface area is 170 Å². The predicted octanol–water partition coefficient (Wildman–Crippen LogP) is 3.50. The van der Waals surface area contributed by atoms with Crippen molar-refractivity contribution in [2.45, 2.75) is 32.8 Å². The molecule has 0 radical (unpaired) electrons. The summed E-state index contributed by atoms with van der Waals surface area (Å²) in [6.07, 6.45) is -0.742. The molecule has 1 atom stereocenters. The van der Waals surface area contributed by atoms with Gasteiger partial charge in [0.05, 0.1) is 11.3 Å². The molecule has 29 heavy (non-hydrogen) atoms. The number of hydrogen-bond donors (Lipinski definition) is 1. The van der Waals surface area contributed by atoms with Crippen molar-refractivity contribution >= 4 is 34.7 Å². The number of Topliss-reactive ketones (excluding diaryl/α,β-unsaturated/α-hetero) is 1. The monoisotopic (exact) mass is 413 g/mol. The molecule has 2 aromatic heterocycles. The van der Waals surface area contributed by atoms with E-state index in [1.807, 2.05) is 17.5 Å². The van der Waals surface area contributed by atoms with Crippen molar-refractivity contribution < 1.29 is 23.6 Å². The van der Waals surface area contributed by atoms with Gasteiger partial charge in [-0.05, 0) is 49.6 Å². The summed E-state index contributed by atoms with van der Waals surface area (Å²) in [7, 11) is 0. The first-order valence-electron chi connectivity index (χ1n) is 8.90. The summed E-state index contributed by atoms with van der Waals surface area (Å²) in [5.41, 5.74) is 1.06. The third-order valence-corrected chi connectivity index (χ3v) is 4.85. The van der Waals surface area contributed by atoms with E-state index in [0.29, 0.717) is 23.0 Å². The molecule has 0 aliphatic carbocycles. The minimum Gasteiger partial charge on any atom is -0.453 e. The molecular formula is C20H19N3O5S. The molecule has 0 saturated carbocycles. The Hall–Kier alpha value is -3.33. The highest BCUT2D eigenvalue weighted by atomic mass is 32.1. The molecule has 3 aromatic rings. The van der Waals surface area contributed by atoms with Gasteiger partial charge in [-0.1, -0.05) is 11.2 Å². The number of hydrogen-bond acceptors (Lipinski definition) is 8. The van der Waals surface area contributed by atoms with E-state index in [1.54, 1.807) is 24.3 Å². The summed E-state index contributed by atoms with van der Waals surface area (Å²) >= 11 is 1.49. The van der Waals surface area contributed by atoms with Gasteiger partial charge in [-0.3, -0.25) is 14.4 Å². The van der Waals surface area contributed by atoms with Gasteiger partial charge in [-0.25, -0.2) is 0 Å². The number of ketones is 1. The molecular weight excluding hydrogens is 394 g/mol. The van der Waals surface area contributed by atoms with Crippen molar-refractivity contribution in [3.05, 3.63) is 53.2 Å². The highest BCUT2D eigenvalue weighted by molar-refractivity contribution is 7.13. The summed E-state index contributed by atoms with van der Waals surface area (Å²) in [5, 5.41) is 8.42. The van der Waals surface area contributed by atoms with Crippen molar-refractivity contribution in [3.63, 3.8) is 0 Å². The van der Waals surface area contributed by atoms with E-state index in [9.17, 15) is 14.4 Å². The van der Waals surface area contributed by atoms with Crippen molar-refractivity contribution in [1.29, 1.82) is 0 Å². The first-order chi connectivity index (χ1) is 13.9. The molecule has 0 aliphatic heterocycles. The molecule has 150 valence electrons. The molecule has 1 amide bonds. The van der Waals surface area contributed by atoms with E-state index in [-0.39, 0.29) is 18.6 Å². The maximum absolute atomic E-state index is 12.2. The van der Waals surface area contributed by atoms with Crippen LogP contribution in [-0.4, -0.2) is 33.9 Å². The van der Waals surface area contributed by atoms with E-state index in [2.05, 4.69) is 15.5 Å². The second-order valence-electron chi connectivity index (χ2n) is 6.24. The SMILES string of the molecule is CC(=O)c1ccc(NC(=O)[C@H](C)OC(=O)CCc2nc(-c3cccs3)no2)cc1. The normalized spacial score (nSPS) is 11.7. The largest absolute Gasteiger partial charge is 0.453 e. The van der Waals surface area contributed by atoms with Crippen LogP contribution < -0.4 is 5.32 Å². The van der Waals surface area contributed by atoms with Crippen LogP contribution in [-0.2, 0) is 20.7 Å². The van der Waals surface area contributed by atoms with Gasteiger partial charge in [-0.2, -0.15) is 4.98 Å². The van der Waals surface area contributed by atoms with Crippen LogP contribution in [0.5, 0.6) is 0 Å². The highest BCUT2D eigenvalue weighted by Gasteiger charge is 2.19. The van der Waals surface area contributed by atoms with Gasteiger partial charge in [0.1, 0.15) is 0 Å². The fourth-order valence-corrected chi connectivity index (χ4v) is 3.06. The highest BCUT2D eigenvalue weighted by Crippen LogP contribution is 2.21. The number of anilines is 1. The lowest BCUT2D eigenvalue weighted by Crippen LogP contribution is -2.30. The maximum Gasteiger partial charge on any atom is 0.307 e. The van der Waals surface area contributed by atoms with Crippen LogP contribution in [0.3, 0.4) is 0 Å². The molecule has 8 nitrogen and oxygen atoms in total. The average Bonchev–Trinajstić information content (AvgIpc) is 3.38. The standard InChI is InChI=1S/C20H19N3O5S/c1-12(24)14-5-7-15(8-6-14)21-20(26)13(2)27-18(25)10-9-17-22-19(23-28-17)16-4-3-11-29-16/h3-8,11,13H,9-10H2,1-2H3,(H,21,26)/t13-/m0/s1. The van der Waals surface area contributed by atoms with E-state index < -0.39 is 18.0 Å². The summed E-state index contributed by atoms with van der Waals surface area (Å²) in [4.78, 5) is 40.6. The van der Waals surface area contributed by atoms with Crippen LogP contribution >= 0.6 is 11.3 Å². The molecule has 2 heterocycles. The van der Waals surface area contributed by atoms with Gasteiger partial charge in [0, 0.05) is 17.7 Å². The number of nitrogens with zero attached hydrogens (tertiary/aromatic N) is 2. The van der Waals surface area contributed by atoms with E-state index >= 15 is 0 Å². The van der Waals surface area contributed by atoms with Crippen molar-refractivity contribution in [2.75, 3.05) is 5.32 Å². The zero-order chi connectivity index (χ0) is 20.8. The number of aromatic nitrogens is 2. The Morgan fingerprint density at radius 1 is 1.21 bits per heavy atom. The van der Waals surface area contributed by atoms with Crippen LogP contribution in [0.15, 0.2) is 46.3 Å². The molecule has 9 heteroatoms. The van der Waals surface area contributed by atoms with Gasteiger partial charge in [-0.15, -0.1) is 11.3 Å². The van der Waals surface area contributed by atoms with E-state index in [4.69, 9.17) is 9.26 Å². The van der Waals surface area contributed by atoms with Crippen LogP contribution in [0, 0.1) is 0 Å². The first kappa shape index (κ1) is 20.4. The number of nitrogens with one attached hydrogen (secondary N) is 1. The Bertz CT molecular complexity index is 996. The number of rotatable bonds is 8. The first-order valence-corrected chi connectivity index (χ1v) is 9.78. The minimum absolute atomic E-state index is 0.0109. The van der Waals surface area contributed by atoms with E-state index in [0.717, 1.165) is 4.88 Å². The Morgan fingerprint density at radius 3 is 2.62 bits per heavy atom. The summed E-state index contributed by atoms with van der Waals surface area (Å²) in [6, 6.07) is 10.2. The second kappa shape index (κ2) is 9.24. The minimum atomic E-state index is -0.973. The fraction of sp³-hybridized carbons (Fsp3) is 0.250. The number of aryl methyl sites for hydroxylation is 1. The van der Waals surface area contributed by atoms with E-state index in [1.165, 1.54) is 25.2 Å². The lowest BCUT2D eigenvalue weighted by atomic mass is 10.1. The molecule has 1 aromatic carbocycles. The van der Waals surface area contributed by atoms with Crippen LogP contribution in [0.2, 0.25) is 0 Å². The summed E-state index contributed by atoms with van der Waals surface area (Å²) in [5.74, 6) is -0.268. The van der Waals surface area contributed by atoms with Gasteiger partial charge in [0.2, 0.25) is 11.7 Å². The number of amides is 1. The topological polar surface area (TPSA) is 111 Å². The number of ether oxygens (including phenoxy) is 1. The van der Waals surface area contributed by atoms with Crippen molar-refractivity contribution in [1.82, 2.24) is 10.1 Å². The van der Waals surface area contributed by atoms with Gasteiger partial charge in [0.15, 0.2) is 11.9 Å². The van der Waals surface area contributed by atoms with Gasteiger partial charge in [0.25, 0.3) is 5.91 Å². The van der Waals surface area contributed by atoms with Crippen LogP contribution in [0.25, 0.3) is 10.7 Å². The van der Waals surface area contributed by atoms with Crippen molar-refractivity contribution in [2.24, 2.45) is 0 Å². The number of benzene rings is 1. The quantitative estimate of drug-likeness (QED) is 0.444. The van der Waals surface area contributed by atoms with Crippen LogP contribution in [0.4, 0.5) is 5.69 Å². The Morgan fingerprint density at radius 2 is 1.97 bits per heavy atom. The maximum atomic E-state index is 12.2. The third-order valence-electron chi connectivity index (χ3n) is 3.99. The third kappa shape index (κ3) is 5.58. The number of carbonyl (C=O) groups is 3. The Kier molecular flexibility index (Phi) is 6.50. The van der Waals surface area contributed by atoms with Gasteiger partial charge >= 0.3 is 5.97 Å². The number of esters is 1. The fourth-order valence-electron chi connectivity index (χ4n) is 2.41. The van der Waals surface area contributed by atoms with Crippen LogP contribution in [0.1, 0.15) is 36.5 Å². The molecule has 1 N–H and O–H groups in total. The molecule has 3 rings (SSSR count). The number of thiophene rings is 1. The smallest absolute Gasteiger partial charge is 0.307 e. The average molecular weight is 413 g/mol. The lowest BCUT2D eigenvalue weighted by Gasteiger charge is -2.13. The van der Waals surface area contributed by atoms with Crippen molar-refractivity contribution in [3.8, 4) is 10.7 Å². The Balaban J connectivity index is 1.46. The van der Waals surface area contributed by atoms with Gasteiger partial charge < -0.3 is 14.6 Å². The number of carbonyl (C=O) groups excluding carboxylic acids is 3. The zero-order valence-corrected chi connectivity index (χ0v) is 16.7. The summed E-state index contributed by atoms with van der Waals surface area (Å²) in [6.45, 7) is 2.95. The predicted molar refractivity (Wildman–Crippen MR) is 107 cm³/mol. The molecule has 0 aliphatic rings. The molecule has 0 fully saturated rings. The molecule has 0 spiro atoms. The molecule has 0 saturated heterocycles. The molecule has 0 bridgehead atoms. The second-order valence-corrected chi connectivity index (χ2v) is 7.19. The molecule has 0 unspecified atom stereocenters. The lowest BCUT2D eigenvalue weighted by molar-refractivity contribution is -0.153. The zero-order valence-electron chi connectivity index (χ0n) is 15.9. The summed E-state index contributed by atoms with van der Waals surface area (Å²) < 4.78 is 10.3.